The second-order valence-electron chi connectivity index (χ2n) is 7.81. The number of carbonyl (C=O) groups is 1. The van der Waals surface area contributed by atoms with Gasteiger partial charge >= 0.3 is 5.97 Å². The molecule has 2 heteroatoms. The monoisotopic (exact) mass is 332 g/mol. The molecule has 1 unspecified atom stereocenters. The Balaban J connectivity index is 2.40. The van der Waals surface area contributed by atoms with Gasteiger partial charge in [-0.15, -0.1) is 0 Å². The first-order chi connectivity index (χ1) is 11.4. The average molecular weight is 333 g/mol. The molecule has 0 heterocycles. The van der Waals surface area contributed by atoms with Crippen molar-refractivity contribution >= 4 is 5.97 Å². The van der Waals surface area contributed by atoms with E-state index in [-0.39, 0.29) is 17.5 Å². The van der Waals surface area contributed by atoms with Gasteiger partial charge in [0, 0.05) is 0 Å². The zero-order valence-electron chi connectivity index (χ0n) is 16.1. The molecule has 0 N–H and O–H groups in total. The summed E-state index contributed by atoms with van der Waals surface area (Å²) in [5.74, 6) is 0.0653. The smallest absolute Gasteiger partial charge is 0.309 e. The highest BCUT2D eigenvalue weighted by Crippen LogP contribution is 2.22. The third-order valence-corrected chi connectivity index (χ3v) is 4.26. The molecule has 1 atom stereocenters. The number of rotatable bonds is 11. The van der Waals surface area contributed by atoms with E-state index in [0.29, 0.717) is 0 Å². The van der Waals surface area contributed by atoms with Gasteiger partial charge in [0.1, 0.15) is 5.60 Å². The molecule has 0 aliphatic carbocycles. The molecule has 136 valence electrons. The van der Waals surface area contributed by atoms with Crippen molar-refractivity contribution in [2.75, 3.05) is 0 Å². The quantitative estimate of drug-likeness (QED) is 0.350. The van der Waals surface area contributed by atoms with E-state index >= 15 is 0 Å². The van der Waals surface area contributed by atoms with Crippen LogP contribution in [-0.2, 0) is 16.0 Å². The summed E-state index contributed by atoms with van der Waals surface area (Å²) in [5, 5.41) is 0. The minimum atomic E-state index is -0.386. The first-order valence-corrected chi connectivity index (χ1v) is 9.69. The van der Waals surface area contributed by atoms with Crippen molar-refractivity contribution < 1.29 is 9.53 Å². The van der Waals surface area contributed by atoms with E-state index in [1.807, 2.05) is 20.8 Å². The van der Waals surface area contributed by atoms with Crippen molar-refractivity contribution in [3.63, 3.8) is 0 Å². The van der Waals surface area contributed by atoms with Gasteiger partial charge < -0.3 is 4.74 Å². The van der Waals surface area contributed by atoms with Gasteiger partial charge in [-0.2, -0.15) is 0 Å². The van der Waals surface area contributed by atoms with Crippen LogP contribution in [0.5, 0.6) is 0 Å². The molecule has 24 heavy (non-hydrogen) atoms. The van der Waals surface area contributed by atoms with Gasteiger partial charge in [0.25, 0.3) is 0 Å². The molecule has 1 rings (SSSR count). The summed E-state index contributed by atoms with van der Waals surface area (Å²) in [6.07, 6.45) is 10.1. The molecular formula is C22H36O2. The largest absolute Gasteiger partial charge is 0.460 e. The molecule has 0 amide bonds. The number of esters is 1. The zero-order valence-corrected chi connectivity index (χ0v) is 16.1. The Bertz CT molecular complexity index is 445. The van der Waals surface area contributed by atoms with E-state index in [0.717, 1.165) is 38.5 Å². The van der Waals surface area contributed by atoms with Gasteiger partial charge in [0.15, 0.2) is 0 Å². The fourth-order valence-corrected chi connectivity index (χ4v) is 2.95. The number of ether oxygens (including phenoxy) is 1. The van der Waals surface area contributed by atoms with E-state index in [1.165, 1.54) is 24.8 Å². The molecule has 2 nitrogen and oxygen atoms in total. The summed E-state index contributed by atoms with van der Waals surface area (Å²) >= 11 is 0. The summed E-state index contributed by atoms with van der Waals surface area (Å²) in [4.78, 5) is 12.5. The van der Waals surface area contributed by atoms with Gasteiger partial charge in [0.2, 0.25) is 0 Å². The molecule has 0 radical (unpaired) electrons. The predicted octanol–water partition coefficient (Wildman–Crippen LogP) is 6.33. The fourth-order valence-electron chi connectivity index (χ4n) is 2.95. The topological polar surface area (TPSA) is 26.3 Å². The summed E-state index contributed by atoms with van der Waals surface area (Å²) < 4.78 is 5.63. The van der Waals surface area contributed by atoms with Crippen LogP contribution in [0.3, 0.4) is 0 Å². The summed E-state index contributed by atoms with van der Waals surface area (Å²) in [7, 11) is 0. The Hall–Kier alpha value is -1.31. The standard InChI is InChI=1S/C22H36O2/c1-5-6-7-11-17-20(21(23)24-22(2,3)4)18-13-12-16-19-14-9-8-10-15-19/h8-10,14-15,20H,5-7,11-13,16-18H2,1-4H3. The molecule has 0 fully saturated rings. The maximum atomic E-state index is 12.5. The van der Waals surface area contributed by atoms with E-state index < -0.39 is 0 Å². The number of unbranched alkanes of at least 4 members (excludes halogenated alkanes) is 4. The van der Waals surface area contributed by atoms with Crippen molar-refractivity contribution in [2.45, 2.75) is 91.1 Å². The van der Waals surface area contributed by atoms with E-state index in [4.69, 9.17) is 4.74 Å². The van der Waals surface area contributed by atoms with Gasteiger partial charge in [-0.1, -0.05) is 69.4 Å². The lowest BCUT2D eigenvalue weighted by atomic mass is 9.94. The molecule has 0 bridgehead atoms. The van der Waals surface area contributed by atoms with Gasteiger partial charge in [-0.25, -0.2) is 0 Å². The average Bonchev–Trinajstić information content (AvgIpc) is 2.52. The lowest BCUT2D eigenvalue weighted by Gasteiger charge is -2.24. The summed E-state index contributed by atoms with van der Waals surface area (Å²) in [5.41, 5.74) is 0.997. The van der Waals surface area contributed by atoms with Gasteiger partial charge in [0.05, 0.1) is 5.92 Å². The number of aryl methyl sites for hydroxylation is 1. The lowest BCUT2D eigenvalue weighted by molar-refractivity contribution is -0.160. The van der Waals surface area contributed by atoms with Crippen molar-refractivity contribution in [2.24, 2.45) is 5.92 Å². The van der Waals surface area contributed by atoms with Crippen LogP contribution in [-0.4, -0.2) is 11.6 Å². The van der Waals surface area contributed by atoms with Crippen molar-refractivity contribution in [1.82, 2.24) is 0 Å². The molecule has 0 spiro atoms. The van der Waals surface area contributed by atoms with Crippen LogP contribution in [0.15, 0.2) is 30.3 Å². The maximum absolute atomic E-state index is 12.5. The van der Waals surface area contributed by atoms with Gasteiger partial charge in [-0.05, 0) is 52.0 Å². The summed E-state index contributed by atoms with van der Waals surface area (Å²) in [6.45, 7) is 8.08. The van der Waals surface area contributed by atoms with Crippen LogP contribution < -0.4 is 0 Å². The van der Waals surface area contributed by atoms with Crippen molar-refractivity contribution in [1.29, 1.82) is 0 Å². The van der Waals surface area contributed by atoms with Crippen LogP contribution in [0.4, 0.5) is 0 Å². The van der Waals surface area contributed by atoms with Gasteiger partial charge in [-0.3, -0.25) is 4.79 Å². The van der Waals surface area contributed by atoms with Crippen molar-refractivity contribution in [3.05, 3.63) is 35.9 Å². The van der Waals surface area contributed by atoms with E-state index in [9.17, 15) is 4.79 Å². The Kier molecular flexibility index (Phi) is 9.75. The van der Waals surface area contributed by atoms with Crippen LogP contribution in [0.2, 0.25) is 0 Å². The highest BCUT2D eigenvalue weighted by molar-refractivity contribution is 5.72. The van der Waals surface area contributed by atoms with E-state index in [2.05, 4.69) is 37.3 Å². The molecule has 0 aliphatic heterocycles. The highest BCUT2D eigenvalue weighted by Gasteiger charge is 2.24. The second-order valence-corrected chi connectivity index (χ2v) is 7.81. The first-order valence-electron chi connectivity index (χ1n) is 9.69. The van der Waals surface area contributed by atoms with Crippen LogP contribution in [0.25, 0.3) is 0 Å². The molecular weight excluding hydrogens is 296 g/mol. The first kappa shape index (κ1) is 20.7. The van der Waals surface area contributed by atoms with Crippen LogP contribution >= 0.6 is 0 Å². The minimum absolute atomic E-state index is 0.00119. The maximum Gasteiger partial charge on any atom is 0.309 e. The predicted molar refractivity (Wildman–Crippen MR) is 102 cm³/mol. The zero-order chi connectivity index (χ0) is 17.8. The highest BCUT2D eigenvalue weighted by atomic mass is 16.6. The fraction of sp³-hybridized carbons (Fsp3) is 0.682. The number of hydrogen-bond donors (Lipinski definition) is 0. The van der Waals surface area contributed by atoms with E-state index in [1.54, 1.807) is 0 Å². The normalized spacial score (nSPS) is 12.8. The number of benzene rings is 1. The Morgan fingerprint density at radius 1 is 0.958 bits per heavy atom. The second kappa shape index (κ2) is 11.3. The Labute approximate surface area is 149 Å². The molecule has 1 aromatic rings. The SMILES string of the molecule is CCCCCCC(CCCCc1ccccc1)C(=O)OC(C)(C)C. The molecule has 1 aromatic carbocycles. The van der Waals surface area contributed by atoms with Crippen LogP contribution in [0, 0.1) is 5.92 Å². The number of hydrogen-bond acceptors (Lipinski definition) is 2. The van der Waals surface area contributed by atoms with Crippen molar-refractivity contribution in [3.8, 4) is 0 Å². The third kappa shape index (κ3) is 9.75. The van der Waals surface area contributed by atoms with Crippen LogP contribution in [0.1, 0.15) is 84.6 Å². The number of carbonyl (C=O) groups excluding carboxylic acids is 1. The molecule has 0 aliphatic rings. The lowest BCUT2D eigenvalue weighted by Crippen LogP contribution is -2.28. The minimum Gasteiger partial charge on any atom is -0.460 e. The summed E-state index contributed by atoms with van der Waals surface area (Å²) in [6, 6.07) is 10.6. The Morgan fingerprint density at radius 3 is 2.17 bits per heavy atom. The third-order valence-electron chi connectivity index (χ3n) is 4.26. The molecule has 0 saturated heterocycles. The molecule has 0 saturated carbocycles. The Morgan fingerprint density at radius 2 is 1.58 bits per heavy atom. The molecule has 0 aromatic heterocycles.